The van der Waals surface area contributed by atoms with Gasteiger partial charge in [-0.05, 0) is 23.6 Å². The van der Waals surface area contributed by atoms with Crippen LogP contribution in [0.25, 0.3) is 11.3 Å². The lowest BCUT2D eigenvalue weighted by molar-refractivity contribution is -0.0255. The number of benzene rings is 1. The monoisotopic (exact) mass is 457 g/mol. The first-order valence-corrected chi connectivity index (χ1v) is 11.6. The van der Waals surface area contributed by atoms with Crippen molar-refractivity contribution in [1.82, 2.24) is 39.6 Å². The van der Waals surface area contributed by atoms with Crippen molar-refractivity contribution in [3.63, 3.8) is 0 Å². The highest BCUT2D eigenvalue weighted by Gasteiger charge is 2.49. The molecule has 0 unspecified atom stereocenters. The Morgan fingerprint density at radius 1 is 1.15 bits per heavy atom. The molecule has 3 aromatic heterocycles. The summed E-state index contributed by atoms with van der Waals surface area (Å²) in [5, 5.41) is 15.6. The van der Waals surface area contributed by atoms with Gasteiger partial charge in [0.15, 0.2) is 5.65 Å². The fraction of sp³-hybridized carbons (Fsp3) is 0.375. The summed E-state index contributed by atoms with van der Waals surface area (Å²) in [5.41, 5.74) is 3.92. The van der Waals surface area contributed by atoms with Crippen LogP contribution in [0.2, 0.25) is 0 Å². The number of para-hydroxylation sites is 1. The first-order chi connectivity index (χ1) is 16.5. The number of carbonyl (C=O) groups excluding carboxylic acids is 1. The summed E-state index contributed by atoms with van der Waals surface area (Å²) in [4.78, 5) is 24.4. The lowest BCUT2D eigenvalue weighted by Crippen LogP contribution is -2.72. The van der Waals surface area contributed by atoms with Crippen LogP contribution in [-0.4, -0.2) is 66.3 Å². The molecule has 34 heavy (non-hydrogen) atoms. The minimum Gasteiger partial charge on any atom is -0.350 e. The van der Waals surface area contributed by atoms with Gasteiger partial charge in [0.25, 0.3) is 5.91 Å². The van der Waals surface area contributed by atoms with E-state index >= 15 is 0 Å². The number of carbonyl (C=O) groups is 1. The number of anilines is 1. The van der Waals surface area contributed by atoms with E-state index in [-0.39, 0.29) is 23.1 Å². The van der Waals surface area contributed by atoms with Gasteiger partial charge >= 0.3 is 0 Å². The molecule has 0 radical (unpaired) electrons. The SMILES string of the molecule is CC(C)c1cnn2c(NCc3ccccc3-n3cccn3)nc(C(=O)N3CC4(CNC4)C3)nc12. The van der Waals surface area contributed by atoms with Gasteiger partial charge in [-0.2, -0.15) is 19.7 Å². The molecule has 6 rings (SSSR count). The highest BCUT2D eigenvalue weighted by Crippen LogP contribution is 2.34. The fourth-order valence-electron chi connectivity index (χ4n) is 4.73. The van der Waals surface area contributed by atoms with E-state index in [1.165, 1.54) is 0 Å². The second kappa shape index (κ2) is 7.91. The summed E-state index contributed by atoms with van der Waals surface area (Å²) >= 11 is 0. The third kappa shape index (κ3) is 3.41. The van der Waals surface area contributed by atoms with Crippen LogP contribution in [0, 0.1) is 5.41 Å². The predicted molar refractivity (Wildman–Crippen MR) is 127 cm³/mol. The van der Waals surface area contributed by atoms with Crippen LogP contribution in [0.3, 0.4) is 0 Å². The minimum absolute atomic E-state index is 0.129. The minimum atomic E-state index is -0.129. The molecule has 0 bridgehead atoms. The zero-order chi connectivity index (χ0) is 23.3. The largest absolute Gasteiger partial charge is 0.350 e. The first-order valence-electron chi connectivity index (χ1n) is 11.6. The Hall–Kier alpha value is -3.79. The molecule has 2 N–H and O–H groups in total. The molecule has 4 aromatic rings. The topological polar surface area (TPSA) is 105 Å². The van der Waals surface area contributed by atoms with E-state index in [9.17, 15) is 4.79 Å². The number of hydrogen-bond donors (Lipinski definition) is 2. The Morgan fingerprint density at radius 2 is 1.97 bits per heavy atom. The summed E-state index contributed by atoms with van der Waals surface area (Å²) in [6.45, 7) is 8.13. The molecule has 0 atom stereocenters. The summed E-state index contributed by atoms with van der Waals surface area (Å²) in [7, 11) is 0. The van der Waals surface area contributed by atoms with Crippen molar-refractivity contribution in [2.24, 2.45) is 5.41 Å². The maximum Gasteiger partial charge on any atom is 0.291 e. The first kappa shape index (κ1) is 20.8. The standard InChI is InChI=1S/C24H27N9O/c1-16(2)18-11-28-33-21(18)29-20(22(34)31-14-24(15-31)12-25-13-24)30-23(33)26-10-17-6-3-4-7-19(17)32-9-5-8-27-32/h3-9,11,16,25H,10,12-15H2,1-2H3,(H,26,29,30). The van der Waals surface area contributed by atoms with Crippen molar-refractivity contribution < 1.29 is 4.79 Å². The molecule has 10 nitrogen and oxygen atoms in total. The van der Waals surface area contributed by atoms with Crippen molar-refractivity contribution in [2.75, 3.05) is 31.5 Å². The number of aromatic nitrogens is 6. The maximum atomic E-state index is 13.2. The average Bonchev–Trinajstić information content (AvgIpc) is 3.45. The van der Waals surface area contributed by atoms with E-state index in [1.807, 2.05) is 52.3 Å². The zero-order valence-corrected chi connectivity index (χ0v) is 19.3. The van der Waals surface area contributed by atoms with Crippen LogP contribution in [0.1, 0.15) is 41.5 Å². The second-order valence-electron chi connectivity index (χ2n) is 9.56. The number of nitrogens with zero attached hydrogens (tertiary/aromatic N) is 7. The molecule has 2 saturated heterocycles. The molecule has 2 aliphatic heterocycles. The number of hydrogen-bond acceptors (Lipinski definition) is 7. The second-order valence-corrected chi connectivity index (χ2v) is 9.56. The number of fused-ring (bicyclic) bond motifs is 1. The van der Waals surface area contributed by atoms with E-state index in [0.717, 1.165) is 43.0 Å². The van der Waals surface area contributed by atoms with Gasteiger partial charge in [-0.25, -0.2) is 9.67 Å². The van der Waals surface area contributed by atoms with Crippen LogP contribution in [0.5, 0.6) is 0 Å². The summed E-state index contributed by atoms with van der Waals surface area (Å²) in [5.74, 6) is 0.795. The predicted octanol–water partition coefficient (Wildman–Crippen LogP) is 2.09. The Bertz CT molecular complexity index is 1350. The van der Waals surface area contributed by atoms with Crippen molar-refractivity contribution in [3.8, 4) is 5.69 Å². The molecule has 1 amide bonds. The summed E-state index contributed by atoms with van der Waals surface area (Å²) in [6, 6.07) is 9.94. The van der Waals surface area contributed by atoms with Gasteiger partial charge in [0.2, 0.25) is 11.8 Å². The highest BCUT2D eigenvalue weighted by molar-refractivity contribution is 5.92. The molecule has 1 aromatic carbocycles. The Labute approximate surface area is 197 Å². The molecule has 174 valence electrons. The molecular weight excluding hydrogens is 430 g/mol. The van der Waals surface area contributed by atoms with Crippen molar-refractivity contribution in [3.05, 3.63) is 65.9 Å². The Kier molecular flexibility index (Phi) is 4.84. The third-order valence-corrected chi connectivity index (χ3v) is 6.73. The molecule has 0 saturated carbocycles. The average molecular weight is 458 g/mol. The van der Waals surface area contributed by atoms with E-state index in [2.05, 4.69) is 44.6 Å². The van der Waals surface area contributed by atoms with Gasteiger partial charge in [0.1, 0.15) is 0 Å². The van der Waals surface area contributed by atoms with E-state index in [1.54, 1.807) is 10.7 Å². The zero-order valence-electron chi connectivity index (χ0n) is 19.3. The van der Waals surface area contributed by atoms with Crippen LogP contribution < -0.4 is 10.6 Å². The molecule has 2 fully saturated rings. The molecular formula is C24H27N9O. The fourth-order valence-corrected chi connectivity index (χ4v) is 4.73. The smallest absolute Gasteiger partial charge is 0.291 e. The van der Waals surface area contributed by atoms with Gasteiger partial charge in [-0.15, -0.1) is 0 Å². The van der Waals surface area contributed by atoms with Gasteiger partial charge in [-0.1, -0.05) is 32.0 Å². The van der Waals surface area contributed by atoms with E-state index < -0.39 is 0 Å². The van der Waals surface area contributed by atoms with E-state index in [0.29, 0.717) is 18.1 Å². The summed E-state index contributed by atoms with van der Waals surface area (Å²) in [6.07, 6.45) is 5.48. The van der Waals surface area contributed by atoms with Gasteiger partial charge in [0, 0.05) is 56.1 Å². The van der Waals surface area contributed by atoms with Crippen molar-refractivity contribution in [2.45, 2.75) is 26.3 Å². The maximum absolute atomic E-state index is 13.2. The number of amides is 1. The number of nitrogens with one attached hydrogen (secondary N) is 2. The molecule has 2 aliphatic rings. The van der Waals surface area contributed by atoms with E-state index in [4.69, 9.17) is 0 Å². The third-order valence-electron chi connectivity index (χ3n) is 6.73. The lowest BCUT2D eigenvalue weighted by Gasteiger charge is -2.55. The van der Waals surface area contributed by atoms with Crippen LogP contribution in [0.15, 0.2) is 48.9 Å². The number of likely N-dealkylation sites (tertiary alicyclic amines) is 1. The van der Waals surface area contributed by atoms with Gasteiger partial charge < -0.3 is 15.5 Å². The van der Waals surface area contributed by atoms with Crippen LogP contribution >= 0.6 is 0 Å². The summed E-state index contributed by atoms with van der Waals surface area (Å²) < 4.78 is 3.53. The van der Waals surface area contributed by atoms with Crippen LogP contribution in [-0.2, 0) is 6.54 Å². The quantitative estimate of drug-likeness (QED) is 0.457. The normalized spacial score (nSPS) is 16.6. The highest BCUT2D eigenvalue weighted by atomic mass is 16.2. The molecule has 1 spiro atoms. The molecule has 10 heteroatoms. The molecule has 0 aliphatic carbocycles. The lowest BCUT2D eigenvalue weighted by atomic mass is 9.74. The molecule has 5 heterocycles. The van der Waals surface area contributed by atoms with Crippen LogP contribution in [0.4, 0.5) is 5.95 Å². The Morgan fingerprint density at radius 3 is 2.68 bits per heavy atom. The van der Waals surface area contributed by atoms with Gasteiger partial charge in [0.05, 0.1) is 11.9 Å². The van der Waals surface area contributed by atoms with Crippen molar-refractivity contribution in [1.29, 1.82) is 0 Å². The van der Waals surface area contributed by atoms with Gasteiger partial charge in [-0.3, -0.25) is 4.79 Å². The van der Waals surface area contributed by atoms with Crippen molar-refractivity contribution >= 4 is 17.5 Å². The number of rotatable bonds is 6. The Balaban J connectivity index is 1.33.